The standard InChI is InChI=1S/C21H27N9O2/c1-14-2-3-16(22-12-14)26-21(31)25-15-4-6-30(7-5-15)20-27-17-18(28-20)23-13-24-19(17)29-8-10-32-11-9-29/h2-3,12-13,15H,4-11H2,1H3,(H2,22,25,26,31)(H,23,24,27,28). The summed E-state index contributed by atoms with van der Waals surface area (Å²) >= 11 is 0. The fourth-order valence-corrected chi connectivity index (χ4v) is 4.08. The maximum absolute atomic E-state index is 12.3. The molecule has 0 unspecified atom stereocenters. The van der Waals surface area contributed by atoms with Gasteiger partial charge in [-0.25, -0.2) is 19.7 Å². The number of carbonyl (C=O) groups is 1. The van der Waals surface area contributed by atoms with Gasteiger partial charge in [0.25, 0.3) is 0 Å². The molecule has 11 heteroatoms. The van der Waals surface area contributed by atoms with Crippen LogP contribution in [0.15, 0.2) is 24.7 Å². The van der Waals surface area contributed by atoms with Crippen molar-refractivity contribution >= 4 is 34.8 Å². The van der Waals surface area contributed by atoms with Crippen molar-refractivity contribution in [1.82, 2.24) is 30.2 Å². The molecule has 5 rings (SSSR count). The van der Waals surface area contributed by atoms with Crippen molar-refractivity contribution in [3.63, 3.8) is 0 Å². The average Bonchev–Trinajstić information content (AvgIpc) is 3.26. The van der Waals surface area contributed by atoms with Crippen LogP contribution in [0.2, 0.25) is 0 Å². The normalized spacial score (nSPS) is 17.5. The number of pyridine rings is 1. The third kappa shape index (κ3) is 4.42. The van der Waals surface area contributed by atoms with Crippen molar-refractivity contribution in [2.75, 3.05) is 54.5 Å². The number of anilines is 3. The van der Waals surface area contributed by atoms with E-state index in [0.29, 0.717) is 24.7 Å². The first-order valence-electron chi connectivity index (χ1n) is 10.9. The van der Waals surface area contributed by atoms with E-state index < -0.39 is 0 Å². The summed E-state index contributed by atoms with van der Waals surface area (Å²) in [6.45, 7) is 6.53. The Morgan fingerprint density at radius 1 is 1.09 bits per heavy atom. The molecule has 3 N–H and O–H groups in total. The number of rotatable bonds is 4. The number of amides is 2. The monoisotopic (exact) mass is 437 g/mol. The van der Waals surface area contributed by atoms with Crippen LogP contribution in [0.5, 0.6) is 0 Å². The number of aromatic nitrogens is 5. The number of morpholine rings is 1. The van der Waals surface area contributed by atoms with E-state index in [4.69, 9.17) is 9.72 Å². The van der Waals surface area contributed by atoms with E-state index in [-0.39, 0.29) is 12.1 Å². The first-order chi connectivity index (χ1) is 15.7. The van der Waals surface area contributed by atoms with Crippen LogP contribution >= 0.6 is 0 Å². The zero-order valence-corrected chi connectivity index (χ0v) is 18.0. The highest BCUT2D eigenvalue weighted by atomic mass is 16.5. The summed E-state index contributed by atoms with van der Waals surface area (Å²) in [6, 6.07) is 3.59. The first-order valence-corrected chi connectivity index (χ1v) is 10.9. The summed E-state index contributed by atoms with van der Waals surface area (Å²) in [5.41, 5.74) is 2.58. The highest BCUT2D eigenvalue weighted by molar-refractivity contribution is 5.88. The lowest BCUT2D eigenvalue weighted by atomic mass is 10.1. The molecule has 5 heterocycles. The number of aromatic amines is 1. The number of piperidine rings is 1. The van der Waals surface area contributed by atoms with Gasteiger partial charge in [-0.1, -0.05) is 6.07 Å². The molecule has 2 saturated heterocycles. The molecule has 0 atom stereocenters. The van der Waals surface area contributed by atoms with Gasteiger partial charge in [0.1, 0.15) is 17.7 Å². The highest BCUT2D eigenvalue weighted by Gasteiger charge is 2.24. The summed E-state index contributed by atoms with van der Waals surface area (Å²) < 4.78 is 5.45. The minimum absolute atomic E-state index is 0.102. The maximum Gasteiger partial charge on any atom is 0.320 e. The van der Waals surface area contributed by atoms with Crippen LogP contribution in [0.25, 0.3) is 11.2 Å². The van der Waals surface area contributed by atoms with Crippen molar-refractivity contribution in [1.29, 1.82) is 0 Å². The number of carbonyl (C=O) groups excluding carboxylic acids is 1. The molecule has 11 nitrogen and oxygen atoms in total. The first kappa shape index (κ1) is 20.4. The number of ether oxygens (including phenoxy) is 1. The highest BCUT2D eigenvalue weighted by Crippen LogP contribution is 2.26. The molecule has 0 radical (unpaired) electrons. The van der Waals surface area contributed by atoms with Gasteiger partial charge in [0.2, 0.25) is 5.95 Å². The summed E-state index contributed by atoms with van der Waals surface area (Å²) in [4.78, 5) is 37.9. The topological polar surface area (TPSA) is 124 Å². The lowest BCUT2D eigenvalue weighted by molar-refractivity contribution is 0.122. The average molecular weight is 438 g/mol. The Morgan fingerprint density at radius 3 is 2.66 bits per heavy atom. The Balaban J connectivity index is 1.19. The van der Waals surface area contributed by atoms with Crippen LogP contribution in [0.4, 0.5) is 22.4 Å². The minimum Gasteiger partial charge on any atom is -0.378 e. The van der Waals surface area contributed by atoms with Crippen LogP contribution < -0.4 is 20.4 Å². The number of H-pyrrole nitrogens is 1. The molecular weight excluding hydrogens is 410 g/mol. The second-order valence-electron chi connectivity index (χ2n) is 8.14. The van der Waals surface area contributed by atoms with E-state index in [1.165, 1.54) is 0 Å². The molecular formula is C21H27N9O2. The summed E-state index contributed by atoms with van der Waals surface area (Å²) in [6.07, 6.45) is 4.95. The van der Waals surface area contributed by atoms with Crippen LogP contribution in [0.3, 0.4) is 0 Å². The third-order valence-corrected chi connectivity index (χ3v) is 5.85. The Hall–Kier alpha value is -3.47. The quantitative estimate of drug-likeness (QED) is 0.563. The van der Waals surface area contributed by atoms with Crippen molar-refractivity contribution in [2.24, 2.45) is 0 Å². The zero-order chi connectivity index (χ0) is 21.9. The number of aryl methyl sites for hydroxylation is 1. The molecule has 0 saturated carbocycles. The molecule has 0 aliphatic carbocycles. The van der Waals surface area contributed by atoms with Crippen LogP contribution in [0.1, 0.15) is 18.4 Å². The maximum atomic E-state index is 12.3. The van der Waals surface area contributed by atoms with Crippen LogP contribution in [-0.4, -0.2) is 76.4 Å². The number of nitrogens with zero attached hydrogens (tertiary/aromatic N) is 6. The lowest BCUT2D eigenvalue weighted by Crippen LogP contribution is -2.46. The molecule has 3 aromatic heterocycles. The van der Waals surface area contributed by atoms with Crippen LogP contribution in [0, 0.1) is 6.92 Å². The van der Waals surface area contributed by atoms with Crippen LogP contribution in [-0.2, 0) is 4.74 Å². The second kappa shape index (κ2) is 8.95. The van der Waals surface area contributed by atoms with Crippen molar-refractivity contribution in [3.05, 3.63) is 30.2 Å². The van der Waals surface area contributed by atoms with Crippen molar-refractivity contribution < 1.29 is 9.53 Å². The molecule has 0 aromatic carbocycles. The summed E-state index contributed by atoms with van der Waals surface area (Å²) in [5.74, 6) is 2.21. The smallest absolute Gasteiger partial charge is 0.320 e. The Bertz CT molecular complexity index is 1070. The van der Waals surface area contributed by atoms with Gasteiger partial charge >= 0.3 is 6.03 Å². The molecule has 3 aromatic rings. The molecule has 2 amide bonds. The lowest BCUT2D eigenvalue weighted by Gasteiger charge is -2.32. The van der Waals surface area contributed by atoms with Gasteiger partial charge in [0, 0.05) is 38.4 Å². The largest absolute Gasteiger partial charge is 0.378 e. The molecule has 2 aliphatic heterocycles. The van der Waals surface area contributed by atoms with E-state index in [9.17, 15) is 4.79 Å². The van der Waals surface area contributed by atoms with Gasteiger partial charge in [-0.3, -0.25) is 5.32 Å². The Kier molecular flexibility index (Phi) is 5.71. The second-order valence-corrected chi connectivity index (χ2v) is 8.14. The van der Waals surface area contributed by atoms with Gasteiger partial charge in [-0.15, -0.1) is 0 Å². The Labute approximate surface area is 185 Å². The van der Waals surface area contributed by atoms with E-state index in [1.807, 2.05) is 13.0 Å². The summed E-state index contributed by atoms with van der Waals surface area (Å²) in [7, 11) is 0. The number of hydrogen-bond acceptors (Lipinski definition) is 8. The van der Waals surface area contributed by atoms with Crippen molar-refractivity contribution in [2.45, 2.75) is 25.8 Å². The number of fused-ring (bicyclic) bond motifs is 1. The molecule has 2 aliphatic rings. The Morgan fingerprint density at radius 2 is 1.91 bits per heavy atom. The van der Waals surface area contributed by atoms with Gasteiger partial charge in [-0.2, -0.15) is 4.98 Å². The molecule has 32 heavy (non-hydrogen) atoms. The summed E-state index contributed by atoms with van der Waals surface area (Å²) in [5, 5.41) is 5.84. The van der Waals surface area contributed by atoms with E-state index in [1.54, 1.807) is 18.6 Å². The predicted molar refractivity (Wildman–Crippen MR) is 121 cm³/mol. The SMILES string of the molecule is Cc1ccc(NC(=O)NC2CCN(c3nc4ncnc(N5CCOCC5)c4[nH]3)CC2)nc1. The van der Waals surface area contributed by atoms with E-state index in [0.717, 1.165) is 61.9 Å². The molecule has 0 bridgehead atoms. The molecule has 2 fully saturated rings. The van der Waals surface area contributed by atoms with E-state index >= 15 is 0 Å². The fraction of sp³-hybridized carbons (Fsp3) is 0.476. The molecule has 168 valence electrons. The number of imidazole rings is 1. The number of hydrogen-bond donors (Lipinski definition) is 3. The van der Waals surface area contributed by atoms with Gasteiger partial charge in [0.05, 0.1) is 13.2 Å². The zero-order valence-electron chi connectivity index (χ0n) is 18.0. The van der Waals surface area contributed by atoms with E-state index in [2.05, 4.69) is 40.4 Å². The minimum atomic E-state index is -0.228. The predicted octanol–water partition coefficient (Wildman–Crippen LogP) is 1.68. The third-order valence-electron chi connectivity index (χ3n) is 5.85. The van der Waals surface area contributed by atoms with Crippen molar-refractivity contribution in [3.8, 4) is 0 Å². The molecule has 0 spiro atoms. The number of nitrogens with one attached hydrogen (secondary N) is 3. The van der Waals surface area contributed by atoms with Gasteiger partial charge in [-0.05, 0) is 31.4 Å². The number of urea groups is 1. The fourth-order valence-electron chi connectivity index (χ4n) is 4.08. The van der Waals surface area contributed by atoms with Gasteiger partial charge < -0.3 is 24.8 Å². The van der Waals surface area contributed by atoms with Gasteiger partial charge in [0.15, 0.2) is 11.5 Å².